The summed E-state index contributed by atoms with van der Waals surface area (Å²) in [6, 6.07) is 2.09. The Morgan fingerprint density at radius 1 is 1.43 bits per heavy atom. The number of Topliss-reactive ketones (excluding diaryl/α,β-unsaturated/α-hetero) is 1. The Labute approximate surface area is 133 Å². The summed E-state index contributed by atoms with van der Waals surface area (Å²) in [5.74, 6) is -1.93. The van der Waals surface area contributed by atoms with E-state index < -0.39 is 29.8 Å². The van der Waals surface area contributed by atoms with Gasteiger partial charge in [-0.25, -0.2) is 4.79 Å². The van der Waals surface area contributed by atoms with E-state index in [1.165, 1.54) is 6.07 Å². The molecule has 0 aliphatic heterocycles. The van der Waals surface area contributed by atoms with Crippen LogP contribution in [0.4, 0.5) is 0 Å². The van der Waals surface area contributed by atoms with Gasteiger partial charge in [-0.1, -0.05) is 0 Å². The van der Waals surface area contributed by atoms with Crippen LogP contribution in [-0.4, -0.2) is 46.1 Å². The number of amides is 1. The first-order valence-corrected chi connectivity index (χ1v) is 7.20. The van der Waals surface area contributed by atoms with Crippen LogP contribution in [0.2, 0.25) is 0 Å². The number of aliphatic hydroxyl groups is 1. The monoisotopic (exact) mass is 323 g/mol. The zero-order chi connectivity index (χ0) is 17.4. The summed E-state index contributed by atoms with van der Waals surface area (Å²) in [6.45, 7) is 3.32. The lowest BCUT2D eigenvalue weighted by Crippen LogP contribution is -2.44. The van der Waals surface area contributed by atoms with Crippen LogP contribution >= 0.6 is 0 Å². The number of aromatic nitrogens is 1. The third-order valence-corrected chi connectivity index (χ3v) is 2.96. The zero-order valence-corrected chi connectivity index (χ0v) is 13.0. The molecular formula is C15H21N3O5. The lowest BCUT2D eigenvalue weighted by molar-refractivity contribution is -0.152. The molecule has 8 heteroatoms. The molecule has 0 aliphatic carbocycles. The number of hydrogen-bond acceptors (Lipinski definition) is 6. The maximum Gasteiger partial charge on any atom is 0.328 e. The Morgan fingerprint density at radius 2 is 2.13 bits per heavy atom. The highest BCUT2D eigenvalue weighted by Gasteiger charge is 2.27. The Kier molecular flexibility index (Phi) is 7.14. The van der Waals surface area contributed by atoms with Crippen molar-refractivity contribution in [3.8, 4) is 0 Å². The maximum atomic E-state index is 12.0. The fourth-order valence-corrected chi connectivity index (χ4v) is 1.83. The molecule has 0 bridgehead atoms. The van der Waals surface area contributed by atoms with E-state index in [1.807, 2.05) is 0 Å². The van der Waals surface area contributed by atoms with Crippen LogP contribution in [0, 0.1) is 5.41 Å². The summed E-state index contributed by atoms with van der Waals surface area (Å²) >= 11 is 0. The van der Waals surface area contributed by atoms with E-state index in [2.05, 4.69) is 10.3 Å². The third kappa shape index (κ3) is 6.03. The number of carbonyl (C=O) groups is 3. The molecule has 0 radical (unpaired) electrons. The molecule has 1 rings (SSSR count). The minimum absolute atomic E-state index is 0.0110. The summed E-state index contributed by atoms with van der Waals surface area (Å²) in [5.41, 5.74) is 0.286. The predicted molar refractivity (Wildman–Crippen MR) is 81.9 cm³/mol. The second kappa shape index (κ2) is 8.84. The molecule has 1 amide bonds. The molecule has 23 heavy (non-hydrogen) atoms. The maximum absolute atomic E-state index is 12.0. The van der Waals surface area contributed by atoms with Crippen molar-refractivity contribution in [3.05, 3.63) is 24.0 Å². The van der Waals surface area contributed by atoms with Crippen LogP contribution in [-0.2, 0) is 19.1 Å². The van der Waals surface area contributed by atoms with E-state index in [4.69, 9.17) is 10.1 Å². The molecule has 4 N–H and O–H groups in total. The standard InChI is InChI=1S/C15H21N3O5/c1-9(2)23-15(22)12(6-5-10(19)8-16)18-14(21)13(20)11-4-3-7-17-11/h3-4,7-9,12-13,16-17,20H,5-6H2,1-2H3,(H,18,21)/t12-,13-/m0/s1. The van der Waals surface area contributed by atoms with E-state index in [9.17, 15) is 19.5 Å². The van der Waals surface area contributed by atoms with Crippen molar-refractivity contribution in [2.45, 2.75) is 44.9 Å². The predicted octanol–water partition coefficient (Wildman–Crippen LogP) is 0.483. The fraction of sp³-hybridized carbons (Fsp3) is 0.467. The molecule has 1 aromatic heterocycles. The van der Waals surface area contributed by atoms with Crippen molar-refractivity contribution >= 4 is 23.9 Å². The Morgan fingerprint density at radius 3 is 2.65 bits per heavy atom. The summed E-state index contributed by atoms with van der Waals surface area (Å²) in [5, 5.41) is 19.1. The highest BCUT2D eigenvalue weighted by atomic mass is 16.5. The van der Waals surface area contributed by atoms with Crippen molar-refractivity contribution in [3.63, 3.8) is 0 Å². The van der Waals surface area contributed by atoms with E-state index in [0.29, 0.717) is 6.21 Å². The summed E-state index contributed by atoms with van der Waals surface area (Å²) < 4.78 is 5.04. The number of H-pyrrole nitrogens is 1. The Bertz CT molecular complexity index is 553. The van der Waals surface area contributed by atoms with Gasteiger partial charge in [0, 0.05) is 12.6 Å². The highest BCUT2D eigenvalue weighted by Crippen LogP contribution is 2.11. The van der Waals surface area contributed by atoms with E-state index in [1.54, 1.807) is 26.1 Å². The second-order valence-corrected chi connectivity index (χ2v) is 5.22. The number of ketones is 1. The molecule has 0 aliphatic rings. The molecule has 0 fully saturated rings. The van der Waals surface area contributed by atoms with Crippen LogP contribution in [0.1, 0.15) is 38.5 Å². The molecule has 1 heterocycles. The Balaban J connectivity index is 2.74. The van der Waals surface area contributed by atoms with Gasteiger partial charge in [0.25, 0.3) is 5.91 Å². The number of aliphatic hydroxyl groups excluding tert-OH is 1. The van der Waals surface area contributed by atoms with Gasteiger partial charge in [0.15, 0.2) is 11.9 Å². The first-order valence-electron chi connectivity index (χ1n) is 7.20. The zero-order valence-electron chi connectivity index (χ0n) is 13.0. The lowest BCUT2D eigenvalue weighted by atomic mass is 10.1. The van der Waals surface area contributed by atoms with E-state index in [-0.39, 0.29) is 24.6 Å². The van der Waals surface area contributed by atoms with Gasteiger partial charge in [0.1, 0.15) is 6.04 Å². The van der Waals surface area contributed by atoms with Crippen LogP contribution in [0.25, 0.3) is 0 Å². The first kappa shape index (κ1) is 18.6. The largest absolute Gasteiger partial charge is 0.461 e. The molecule has 0 unspecified atom stereocenters. The van der Waals surface area contributed by atoms with Crippen molar-refractivity contribution in [2.24, 2.45) is 0 Å². The van der Waals surface area contributed by atoms with Gasteiger partial charge < -0.3 is 25.6 Å². The number of ether oxygens (including phenoxy) is 1. The fourth-order valence-electron chi connectivity index (χ4n) is 1.83. The molecule has 0 spiro atoms. The van der Waals surface area contributed by atoms with Crippen LogP contribution in [0.5, 0.6) is 0 Å². The first-order chi connectivity index (χ1) is 10.8. The average Bonchev–Trinajstić information content (AvgIpc) is 3.03. The minimum Gasteiger partial charge on any atom is -0.461 e. The molecular weight excluding hydrogens is 302 g/mol. The van der Waals surface area contributed by atoms with Crippen LogP contribution in [0.15, 0.2) is 18.3 Å². The number of carbonyl (C=O) groups excluding carboxylic acids is 3. The van der Waals surface area contributed by atoms with Crippen molar-refractivity contribution in [1.29, 1.82) is 5.41 Å². The van der Waals surface area contributed by atoms with E-state index >= 15 is 0 Å². The molecule has 0 saturated carbocycles. The van der Waals surface area contributed by atoms with Crippen molar-refractivity contribution in [1.82, 2.24) is 10.3 Å². The second-order valence-electron chi connectivity index (χ2n) is 5.22. The lowest BCUT2D eigenvalue weighted by Gasteiger charge is -2.20. The molecule has 0 saturated heterocycles. The number of esters is 1. The molecule has 1 aromatic rings. The van der Waals surface area contributed by atoms with Gasteiger partial charge in [-0.2, -0.15) is 0 Å². The summed E-state index contributed by atoms with van der Waals surface area (Å²) in [4.78, 5) is 37.9. The molecule has 8 nitrogen and oxygen atoms in total. The van der Waals surface area contributed by atoms with E-state index in [0.717, 1.165) is 0 Å². The van der Waals surface area contributed by atoms with Gasteiger partial charge in [-0.3, -0.25) is 9.59 Å². The highest BCUT2D eigenvalue weighted by molar-refractivity contribution is 6.26. The molecule has 126 valence electrons. The van der Waals surface area contributed by atoms with Crippen molar-refractivity contribution in [2.75, 3.05) is 0 Å². The molecule has 0 aromatic carbocycles. The van der Waals surface area contributed by atoms with Gasteiger partial charge >= 0.3 is 5.97 Å². The van der Waals surface area contributed by atoms with Gasteiger partial charge in [0.05, 0.1) is 18.0 Å². The van der Waals surface area contributed by atoms with Crippen LogP contribution in [0.3, 0.4) is 0 Å². The summed E-state index contributed by atoms with van der Waals surface area (Å²) in [6.07, 6.45) is 0.273. The minimum atomic E-state index is -1.46. The SMILES string of the molecule is CC(C)OC(=O)[C@H](CCC(=O)C=N)NC(=O)[C@@H](O)c1ccc[nH]1. The quantitative estimate of drug-likeness (QED) is 0.388. The number of hydrogen-bond donors (Lipinski definition) is 4. The summed E-state index contributed by atoms with van der Waals surface area (Å²) in [7, 11) is 0. The number of aromatic amines is 1. The topological polar surface area (TPSA) is 132 Å². The molecule has 2 atom stereocenters. The number of nitrogens with one attached hydrogen (secondary N) is 3. The van der Waals surface area contributed by atoms with Gasteiger partial charge in [-0.05, 0) is 32.4 Å². The van der Waals surface area contributed by atoms with Gasteiger partial charge in [0.2, 0.25) is 0 Å². The van der Waals surface area contributed by atoms with Crippen molar-refractivity contribution < 1.29 is 24.2 Å². The number of rotatable bonds is 9. The Hall–Kier alpha value is -2.48. The van der Waals surface area contributed by atoms with Crippen LogP contribution < -0.4 is 5.32 Å². The smallest absolute Gasteiger partial charge is 0.328 e. The van der Waals surface area contributed by atoms with Gasteiger partial charge in [-0.15, -0.1) is 0 Å². The third-order valence-electron chi connectivity index (χ3n) is 2.96. The normalized spacial score (nSPS) is 13.2. The average molecular weight is 323 g/mol.